The second-order valence-corrected chi connectivity index (χ2v) is 9.55. The van der Waals surface area contributed by atoms with Gasteiger partial charge in [0.2, 0.25) is 10.0 Å². The van der Waals surface area contributed by atoms with Gasteiger partial charge in [-0.05, 0) is 62.1 Å². The SMILES string of the molecule is Cc1cc(C)c(C)c(S(=O)(=O)N2CCN(C(=O)c3ccccc3Cl)CC2)c1C. The minimum Gasteiger partial charge on any atom is -0.336 e. The summed E-state index contributed by atoms with van der Waals surface area (Å²) in [7, 11) is -3.62. The number of amides is 1. The van der Waals surface area contributed by atoms with E-state index in [1.165, 1.54) is 4.31 Å². The number of hydrogen-bond acceptors (Lipinski definition) is 3. The molecule has 1 fully saturated rings. The summed E-state index contributed by atoms with van der Waals surface area (Å²) in [5.41, 5.74) is 3.96. The Bertz CT molecular complexity index is 1000. The van der Waals surface area contributed by atoms with Crippen molar-refractivity contribution in [1.82, 2.24) is 9.21 Å². The summed E-state index contributed by atoms with van der Waals surface area (Å²) in [6, 6.07) is 8.94. The highest BCUT2D eigenvalue weighted by Crippen LogP contribution is 2.29. The first kappa shape index (κ1) is 20.8. The third kappa shape index (κ3) is 3.69. The van der Waals surface area contributed by atoms with E-state index < -0.39 is 10.0 Å². The molecule has 7 heteroatoms. The lowest BCUT2D eigenvalue weighted by atomic mass is 10.0. The molecule has 0 spiro atoms. The Morgan fingerprint density at radius 1 is 0.929 bits per heavy atom. The molecule has 0 unspecified atom stereocenters. The number of carbonyl (C=O) groups excluding carboxylic acids is 1. The normalized spacial score (nSPS) is 15.7. The molecule has 28 heavy (non-hydrogen) atoms. The van der Waals surface area contributed by atoms with Gasteiger partial charge in [-0.15, -0.1) is 0 Å². The predicted molar refractivity (Wildman–Crippen MR) is 112 cm³/mol. The first-order chi connectivity index (χ1) is 13.1. The Labute approximate surface area is 172 Å². The van der Waals surface area contributed by atoms with Crippen LogP contribution in [0.25, 0.3) is 0 Å². The number of aryl methyl sites for hydroxylation is 2. The predicted octanol–water partition coefficient (Wildman–Crippen LogP) is 3.72. The number of halogens is 1. The Morgan fingerprint density at radius 3 is 2.00 bits per heavy atom. The molecule has 0 bridgehead atoms. The topological polar surface area (TPSA) is 57.7 Å². The van der Waals surface area contributed by atoms with Gasteiger partial charge in [-0.1, -0.05) is 29.8 Å². The largest absolute Gasteiger partial charge is 0.336 e. The number of hydrogen-bond donors (Lipinski definition) is 0. The molecule has 0 radical (unpaired) electrons. The van der Waals surface area contributed by atoms with Crippen molar-refractivity contribution in [1.29, 1.82) is 0 Å². The molecule has 150 valence electrons. The first-order valence-corrected chi connectivity index (χ1v) is 11.1. The maximum absolute atomic E-state index is 13.3. The second-order valence-electron chi connectivity index (χ2n) is 7.27. The molecule has 2 aromatic carbocycles. The maximum atomic E-state index is 13.3. The average Bonchev–Trinajstić information content (AvgIpc) is 2.66. The van der Waals surface area contributed by atoms with Crippen molar-refractivity contribution >= 4 is 27.5 Å². The summed E-state index contributed by atoms with van der Waals surface area (Å²) in [5.74, 6) is -0.165. The Balaban J connectivity index is 1.82. The van der Waals surface area contributed by atoms with Crippen LogP contribution >= 0.6 is 11.6 Å². The Morgan fingerprint density at radius 2 is 1.46 bits per heavy atom. The number of nitrogens with zero attached hydrogens (tertiary/aromatic N) is 2. The molecule has 1 amide bonds. The van der Waals surface area contributed by atoms with Crippen LogP contribution in [0.5, 0.6) is 0 Å². The fraction of sp³-hybridized carbons (Fsp3) is 0.381. The van der Waals surface area contributed by atoms with Crippen LogP contribution in [0.4, 0.5) is 0 Å². The quantitative estimate of drug-likeness (QED) is 0.760. The average molecular weight is 421 g/mol. The van der Waals surface area contributed by atoms with Crippen LogP contribution in [0.3, 0.4) is 0 Å². The fourth-order valence-corrected chi connectivity index (χ4v) is 5.85. The minimum absolute atomic E-state index is 0.165. The second kappa shape index (κ2) is 7.85. The molecule has 1 heterocycles. The van der Waals surface area contributed by atoms with Gasteiger partial charge in [0.1, 0.15) is 0 Å². The smallest absolute Gasteiger partial charge is 0.255 e. The molecule has 1 saturated heterocycles. The van der Waals surface area contributed by atoms with Crippen molar-refractivity contribution in [3.63, 3.8) is 0 Å². The highest BCUT2D eigenvalue weighted by Gasteiger charge is 2.33. The van der Waals surface area contributed by atoms with E-state index in [9.17, 15) is 13.2 Å². The summed E-state index contributed by atoms with van der Waals surface area (Å²) < 4.78 is 28.2. The lowest BCUT2D eigenvalue weighted by molar-refractivity contribution is 0.0698. The first-order valence-electron chi connectivity index (χ1n) is 9.26. The molecule has 0 N–H and O–H groups in total. The number of carbonyl (C=O) groups is 1. The highest BCUT2D eigenvalue weighted by atomic mass is 35.5. The van der Waals surface area contributed by atoms with Crippen molar-refractivity contribution in [3.05, 3.63) is 63.2 Å². The van der Waals surface area contributed by atoms with Crippen molar-refractivity contribution in [2.45, 2.75) is 32.6 Å². The molecule has 2 aromatic rings. The maximum Gasteiger partial charge on any atom is 0.255 e. The van der Waals surface area contributed by atoms with Crippen molar-refractivity contribution in [3.8, 4) is 0 Å². The van der Waals surface area contributed by atoms with E-state index in [4.69, 9.17) is 11.6 Å². The summed E-state index contributed by atoms with van der Waals surface area (Å²) in [6.07, 6.45) is 0. The molecule has 0 atom stereocenters. The van der Waals surface area contributed by atoms with Gasteiger partial charge in [0.15, 0.2) is 0 Å². The van der Waals surface area contributed by atoms with Gasteiger partial charge in [0.05, 0.1) is 15.5 Å². The van der Waals surface area contributed by atoms with Gasteiger partial charge in [-0.2, -0.15) is 4.31 Å². The van der Waals surface area contributed by atoms with E-state index >= 15 is 0 Å². The number of rotatable bonds is 3. The van der Waals surface area contributed by atoms with E-state index in [2.05, 4.69) is 0 Å². The molecule has 1 aliphatic rings. The molecule has 3 rings (SSSR count). The summed E-state index contributed by atoms with van der Waals surface area (Å²) in [4.78, 5) is 14.8. The van der Waals surface area contributed by atoms with Crippen LogP contribution in [0.15, 0.2) is 35.2 Å². The zero-order valence-corrected chi connectivity index (χ0v) is 18.2. The van der Waals surface area contributed by atoms with Crippen LogP contribution in [0.1, 0.15) is 32.6 Å². The van der Waals surface area contributed by atoms with E-state index in [0.717, 1.165) is 22.3 Å². The van der Waals surface area contributed by atoms with Crippen LogP contribution < -0.4 is 0 Å². The molecular weight excluding hydrogens is 396 g/mol. The fourth-order valence-electron chi connectivity index (χ4n) is 3.63. The van der Waals surface area contributed by atoms with E-state index in [0.29, 0.717) is 28.6 Å². The van der Waals surface area contributed by atoms with Crippen molar-refractivity contribution in [2.24, 2.45) is 0 Å². The molecule has 0 aliphatic carbocycles. The van der Waals surface area contributed by atoms with Gasteiger partial charge in [0, 0.05) is 26.2 Å². The zero-order valence-electron chi connectivity index (χ0n) is 16.6. The summed E-state index contributed by atoms with van der Waals surface area (Å²) in [5, 5.41) is 0.407. The van der Waals surface area contributed by atoms with E-state index in [1.54, 1.807) is 29.2 Å². The molecular formula is C21H25ClN2O3S. The van der Waals surface area contributed by atoms with Gasteiger partial charge < -0.3 is 4.90 Å². The van der Waals surface area contributed by atoms with Crippen LogP contribution in [-0.2, 0) is 10.0 Å². The molecule has 5 nitrogen and oxygen atoms in total. The molecule has 0 aromatic heterocycles. The monoisotopic (exact) mass is 420 g/mol. The standard InChI is InChI=1S/C21H25ClN2O3S/c1-14-13-15(2)17(4)20(16(14)3)28(26,27)24-11-9-23(10-12-24)21(25)18-7-5-6-8-19(18)22/h5-8,13H,9-12H2,1-4H3. The van der Waals surface area contributed by atoms with Gasteiger partial charge >= 0.3 is 0 Å². The van der Waals surface area contributed by atoms with E-state index in [1.807, 2.05) is 33.8 Å². The lowest BCUT2D eigenvalue weighted by Gasteiger charge is -2.35. The number of piperazine rings is 1. The van der Waals surface area contributed by atoms with Gasteiger partial charge in [0.25, 0.3) is 5.91 Å². The third-order valence-corrected chi connectivity index (χ3v) is 8.03. The Kier molecular flexibility index (Phi) is 5.84. The molecule has 0 saturated carbocycles. The van der Waals surface area contributed by atoms with Crippen LogP contribution in [0.2, 0.25) is 5.02 Å². The van der Waals surface area contributed by atoms with Crippen LogP contribution in [-0.4, -0.2) is 49.7 Å². The molecule has 1 aliphatic heterocycles. The van der Waals surface area contributed by atoms with Gasteiger partial charge in [-0.25, -0.2) is 8.42 Å². The lowest BCUT2D eigenvalue weighted by Crippen LogP contribution is -2.50. The van der Waals surface area contributed by atoms with Crippen molar-refractivity contribution < 1.29 is 13.2 Å². The van der Waals surface area contributed by atoms with Crippen LogP contribution in [0, 0.1) is 27.7 Å². The van der Waals surface area contributed by atoms with Gasteiger partial charge in [-0.3, -0.25) is 4.79 Å². The van der Waals surface area contributed by atoms with Crippen molar-refractivity contribution in [2.75, 3.05) is 26.2 Å². The summed E-state index contributed by atoms with van der Waals surface area (Å²) >= 11 is 6.13. The van der Waals surface area contributed by atoms with E-state index in [-0.39, 0.29) is 19.0 Å². The Hall–Kier alpha value is -1.89. The highest BCUT2D eigenvalue weighted by molar-refractivity contribution is 7.89. The number of sulfonamides is 1. The third-order valence-electron chi connectivity index (χ3n) is 5.53. The number of benzene rings is 2. The minimum atomic E-state index is -3.62. The summed E-state index contributed by atoms with van der Waals surface area (Å²) in [6.45, 7) is 8.78. The zero-order chi connectivity index (χ0) is 20.6.